The van der Waals surface area contributed by atoms with Crippen LogP contribution < -0.4 is 4.74 Å². The minimum absolute atomic E-state index is 0.123. The van der Waals surface area contributed by atoms with Gasteiger partial charge < -0.3 is 14.6 Å². The Morgan fingerprint density at radius 2 is 2.00 bits per heavy atom. The number of ether oxygens (including phenoxy) is 2. The van der Waals surface area contributed by atoms with Crippen LogP contribution in [0.25, 0.3) is 0 Å². The summed E-state index contributed by atoms with van der Waals surface area (Å²) in [7, 11) is 0. The third kappa shape index (κ3) is 4.06. The van der Waals surface area contributed by atoms with Gasteiger partial charge in [0.25, 0.3) is 0 Å². The summed E-state index contributed by atoms with van der Waals surface area (Å²) in [4.78, 5) is 21.7. The van der Waals surface area contributed by atoms with Crippen molar-refractivity contribution in [1.29, 1.82) is 0 Å². The lowest BCUT2D eigenvalue weighted by Gasteiger charge is -2.13. The Balaban J connectivity index is 1.80. The molecular formula is C15H18O5. The highest BCUT2D eigenvalue weighted by molar-refractivity contribution is 5.78. The molecule has 5 nitrogen and oxygen atoms in total. The number of rotatable bonds is 6. The van der Waals surface area contributed by atoms with Gasteiger partial charge in [-0.1, -0.05) is 12.1 Å². The molecule has 1 aromatic carbocycles. The fourth-order valence-electron chi connectivity index (χ4n) is 2.19. The number of carbonyl (C=O) groups is 2. The van der Waals surface area contributed by atoms with Crippen molar-refractivity contribution < 1.29 is 24.2 Å². The SMILES string of the molecule is CC(=O)Cc1ccc(OCC2CCC(C(=O)O)O2)cc1. The van der Waals surface area contributed by atoms with Crippen molar-refractivity contribution in [2.75, 3.05) is 6.61 Å². The topological polar surface area (TPSA) is 72.8 Å². The predicted molar refractivity (Wildman–Crippen MR) is 71.9 cm³/mol. The van der Waals surface area contributed by atoms with E-state index in [0.717, 1.165) is 5.56 Å². The fraction of sp³-hybridized carbons (Fsp3) is 0.467. The van der Waals surface area contributed by atoms with Crippen LogP contribution in [0, 0.1) is 0 Å². The van der Waals surface area contributed by atoms with Gasteiger partial charge in [-0.3, -0.25) is 4.79 Å². The molecule has 2 atom stereocenters. The second kappa shape index (κ2) is 6.52. The standard InChI is InChI=1S/C15H18O5/c1-10(16)8-11-2-4-12(5-3-11)19-9-13-6-7-14(20-13)15(17)18/h2-5,13-14H,6-9H2,1H3,(H,17,18). The Bertz CT molecular complexity index is 480. The minimum atomic E-state index is -0.916. The van der Waals surface area contributed by atoms with Gasteiger partial charge in [0, 0.05) is 6.42 Å². The highest BCUT2D eigenvalue weighted by Crippen LogP contribution is 2.21. The molecule has 2 rings (SSSR count). The number of Topliss-reactive ketones (excluding diaryl/α,β-unsaturated/α-hetero) is 1. The zero-order valence-electron chi connectivity index (χ0n) is 11.4. The largest absolute Gasteiger partial charge is 0.491 e. The van der Waals surface area contributed by atoms with Gasteiger partial charge in [-0.15, -0.1) is 0 Å². The number of benzene rings is 1. The first-order chi connectivity index (χ1) is 9.54. The molecule has 1 saturated heterocycles. The van der Waals surface area contributed by atoms with E-state index in [-0.39, 0.29) is 11.9 Å². The van der Waals surface area contributed by atoms with E-state index in [1.807, 2.05) is 24.3 Å². The molecule has 1 aliphatic heterocycles. The molecule has 0 spiro atoms. The summed E-state index contributed by atoms with van der Waals surface area (Å²) in [5, 5.41) is 8.83. The lowest BCUT2D eigenvalue weighted by molar-refractivity contribution is -0.149. The molecule has 1 aromatic rings. The van der Waals surface area contributed by atoms with Crippen molar-refractivity contribution in [2.24, 2.45) is 0 Å². The molecule has 5 heteroatoms. The van der Waals surface area contributed by atoms with Crippen LogP contribution in [0.5, 0.6) is 5.75 Å². The van der Waals surface area contributed by atoms with Crippen LogP contribution in [0.4, 0.5) is 0 Å². The molecule has 0 aliphatic carbocycles. The molecule has 0 aromatic heterocycles. The predicted octanol–water partition coefficient (Wildman–Crippen LogP) is 1.83. The first kappa shape index (κ1) is 14.5. The van der Waals surface area contributed by atoms with Gasteiger partial charge >= 0.3 is 5.97 Å². The van der Waals surface area contributed by atoms with Crippen LogP contribution in [0.2, 0.25) is 0 Å². The van der Waals surface area contributed by atoms with Crippen LogP contribution in [0.15, 0.2) is 24.3 Å². The van der Waals surface area contributed by atoms with E-state index in [4.69, 9.17) is 14.6 Å². The lowest BCUT2D eigenvalue weighted by atomic mass is 10.1. The van der Waals surface area contributed by atoms with Crippen molar-refractivity contribution >= 4 is 11.8 Å². The lowest BCUT2D eigenvalue weighted by Crippen LogP contribution is -2.23. The quantitative estimate of drug-likeness (QED) is 0.859. The Hall–Kier alpha value is -1.88. The maximum atomic E-state index is 11.0. The van der Waals surface area contributed by atoms with E-state index >= 15 is 0 Å². The van der Waals surface area contributed by atoms with Crippen molar-refractivity contribution in [2.45, 2.75) is 38.4 Å². The summed E-state index contributed by atoms with van der Waals surface area (Å²) in [6.07, 6.45) is 0.765. The van der Waals surface area contributed by atoms with Gasteiger partial charge in [0.15, 0.2) is 6.10 Å². The molecule has 0 radical (unpaired) electrons. The molecule has 0 amide bonds. The molecule has 0 saturated carbocycles. The molecule has 0 bridgehead atoms. The van der Waals surface area contributed by atoms with Crippen molar-refractivity contribution in [3.05, 3.63) is 29.8 Å². The number of carboxylic acid groups (broad SMARTS) is 1. The molecule has 108 valence electrons. The van der Waals surface area contributed by atoms with Crippen molar-refractivity contribution in [3.8, 4) is 5.75 Å². The number of ketones is 1. The second-order valence-corrected chi connectivity index (χ2v) is 5.00. The van der Waals surface area contributed by atoms with E-state index in [9.17, 15) is 9.59 Å². The number of aliphatic carboxylic acids is 1. The van der Waals surface area contributed by atoms with Crippen LogP contribution in [-0.2, 0) is 20.7 Å². The smallest absolute Gasteiger partial charge is 0.332 e. The number of hydrogen-bond acceptors (Lipinski definition) is 4. The molecular weight excluding hydrogens is 260 g/mol. The van der Waals surface area contributed by atoms with E-state index in [1.165, 1.54) is 0 Å². The van der Waals surface area contributed by atoms with Crippen molar-refractivity contribution in [1.82, 2.24) is 0 Å². The van der Waals surface area contributed by atoms with Crippen LogP contribution in [0.1, 0.15) is 25.3 Å². The zero-order valence-corrected chi connectivity index (χ0v) is 11.4. The molecule has 1 N–H and O–H groups in total. The van der Waals surface area contributed by atoms with Crippen LogP contribution in [-0.4, -0.2) is 35.7 Å². The first-order valence-corrected chi connectivity index (χ1v) is 6.64. The average Bonchev–Trinajstić information content (AvgIpc) is 2.86. The minimum Gasteiger partial charge on any atom is -0.491 e. The van der Waals surface area contributed by atoms with E-state index in [0.29, 0.717) is 31.6 Å². The molecule has 1 fully saturated rings. The zero-order chi connectivity index (χ0) is 14.5. The van der Waals surface area contributed by atoms with Gasteiger partial charge in [0.05, 0.1) is 6.10 Å². The second-order valence-electron chi connectivity index (χ2n) is 5.00. The van der Waals surface area contributed by atoms with Gasteiger partial charge in [-0.2, -0.15) is 0 Å². The molecule has 2 unspecified atom stereocenters. The normalized spacial score (nSPS) is 21.6. The average molecular weight is 278 g/mol. The third-order valence-corrected chi connectivity index (χ3v) is 3.20. The van der Waals surface area contributed by atoms with E-state index in [1.54, 1.807) is 6.92 Å². The van der Waals surface area contributed by atoms with Gasteiger partial charge in [-0.25, -0.2) is 4.79 Å². The maximum absolute atomic E-state index is 11.0. The summed E-state index contributed by atoms with van der Waals surface area (Å²) in [5.41, 5.74) is 0.952. The third-order valence-electron chi connectivity index (χ3n) is 3.20. The Morgan fingerprint density at radius 3 is 2.55 bits per heavy atom. The highest BCUT2D eigenvalue weighted by Gasteiger charge is 2.30. The monoisotopic (exact) mass is 278 g/mol. The summed E-state index contributed by atoms with van der Waals surface area (Å²) < 4.78 is 10.9. The Morgan fingerprint density at radius 1 is 1.30 bits per heavy atom. The number of hydrogen-bond donors (Lipinski definition) is 1. The summed E-state index contributed by atoms with van der Waals surface area (Å²) in [6.45, 7) is 1.90. The number of carbonyl (C=O) groups excluding carboxylic acids is 1. The molecule has 1 heterocycles. The molecule has 20 heavy (non-hydrogen) atoms. The van der Waals surface area contributed by atoms with Crippen LogP contribution in [0.3, 0.4) is 0 Å². The Kier molecular flexibility index (Phi) is 4.74. The van der Waals surface area contributed by atoms with Gasteiger partial charge in [-0.05, 0) is 37.5 Å². The number of carboxylic acids is 1. The van der Waals surface area contributed by atoms with Crippen LogP contribution >= 0.6 is 0 Å². The maximum Gasteiger partial charge on any atom is 0.332 e. The molecule has 1 aliphatic rings. The van der Waals surface area contributed by atoms with E-state index in [2.05, 4.69) is 0 Å². The summed E-state index contributed by atoms with van der Waals surface area (Å²) in [6, 6.07) is 7.32. The fourth-order valence-corrected chi connectivity index (χ4v) is 2.19. The summed E-state index contributed by atoms with van der Waals surface area (Å²) >= 11 is 0. The van der Waals surface area contributed by atoms with E-state index < -0.39 is 12.1 Å². The highest BCUT2D eigenvalue weighted by atomic mass is 16.6. The van der Waals surface area contributed by atoms with Gasteiger partial charge in [0.1, 0.15) is 18.1 Å². The van der Waals surface area contributed by atoms with Gasteiger partial charge in [0.2, 0.25) is 0 Å². The summed E-state index contributed by atoms with van der Waals surface area (Å²) in [5.74, 6) is -0.0986. The Labute approximate surface area is 117 Å². The van der Waals surface area contributed by atoms with Crippen molar-refractivity contribution in [3.63, 3.8) is 0 Å². The first-order valence-electron chi connectivity index (χ1n) is 6.64.